The minimum atomic E-state index is -1.78. The molecule has 0 unspecified atom stereocenters. The fourth-order valence-corrected chi connectivity index (χ4v) is 3.70. The van der Waals surface area contributed by atoms with Crippen LogP contribution in [0, 0.1) is 0 Å². The van der Waals surface area contributed by atoms with Crippen molar-refractivity contribution in [3.05, 3.63) is 0 Å². The molecule has 0 saturated carbocycles. The lowest BCUT2D eigenvalue weighted by Crippen LogP contribution is -2.64. The van der Waals surface area contributed by atoms with E-state index in [2.05, 4.69) is 0 Å². The van der Waals surface area contributed by atoms with E-state index in [0.29, 0.717) is 0 Å². The number of hydrogen-bond acceptors (Lipinski definition) is 14. The molecule has 0 spiro atoms. The van der Waals surface area contributed by atoms with Gasteiger partial charge in [0.05, 0.1) is 19.3 Å². The summed E-state index contributed by atoms with van der Waals surface area (Å²) >= 11 is 0. The van der Waals surface area contributed by atoms with Crippen LogP contribution in [-0.2, 0) is 23.7 Å². The van der Waals surface area contributed by atoms with Gasteiger partial charge in [-0.1, -0.05) is 0 Å². The van der Waals surface area contributed by atoms with Crippen LogP contribution in [0.4, 0.5) is 0 Å². The van der Waals surface area contributed by atoms with Crippen LogP contribution in [0.1, 0.15) is 6.92 Å². The normalized spacial score (nSPS) is 54.0. The Morgan fingerprint density at radius 2 is 1.26 bits per heavy atom. The highest BCUT2D eigenvalue weighted by atomic mass is 16.8. The molecule has 182 valence electrons. The van der Waals surface area contributed by atoms with Crippen LogP contribution in [0.15, 0.2) is 0 Å². The summed E-state index contributed by atoms with van der Waals surface area (Å²) in [5.41, 5.74) is 0. The molecule has 14 atom stereocenters. The van der Waals surface area contributed by atoms with Crippen LogP contribution >= 0.6 is 0 Å². The predicted molar refractivity (Wildman–Crippen MR) is 93.8 cm³/mol. The highest BCUT2D eigenvalue weighted by molar-refractivity contribution is 4.93. The van der Waals surface area contributed by atoms with E-state index in [0.717, 1.165) is 0 Å². The lowest BCUT2D eigenvalue weighted by molar-refractivity contribution is -0.376. The van der Waals surface area contributed by atoms with E-state index >= 15 is 0 Å². The molecular formula is C17H30O14. The molecule has 14 heteroatoms. The Hall–Kier alpha value is -0.560. The number of ether oxygens (including phenoxy) is 5. The molecule has 0 aromatic rings. The van der Waals surface area contributed by atoms with Gasteiger partial charge < -0.3 is 69.6 Å². The molecule has 0 bridgehead atoms. The van der Waals surface area contributed by atoms with Gasteiger partial charge >= 0.3 is 0 Å². The summed E-state index contributed by atoms with van der Waals surface area (Å²) in [5, 5.41) is 89.7. The molecule has 31 heavy (non-hydrogen) atoms. The molecule has 9 N–H and O–H groups in total. The third kappa shape index (κ3) is 5.02. The maximum atomic E-state index is 10.3. The van der Waals surface area contributed by atoms with Crippen LogP contribution in [0.3, 0.4) is 0 Å². The zero-order valence-electron chi connectivity index (χ0n) is 16.6. The highest BCUT2D eigenvalue weighted by Gasteiger charge is 2.51. The Kier molecular flexibility index (Phi) is 8.21. The second-order valence-electron chi connectivity index (χ2n) is 7.87. The van der Waals surface area contributed by atoms with E-state index in [9.17, 15) is 46.0 Å². The Morgan fingerprint density at radius 3 is 1.87 bits per heavy atom. The van der Waals surface area contributed by atoms with Gasteiger partial charge in [-0.2, -0.15) is 0 Å². The molecule has 0 aromatic carbocycles. The van der Waals surface area contributed by atoms with Crippen LogP contribution in [0.2, 0.25) is 0 Å². The molecule has 3 heterocycles. The van der Waals surface area contributed by atoms with E-state index in [1.807, 2.05) is 0 Å². The third-order valence-corrected chi connectivity index (χ3v) is 5.66. The molecule has 0 radical (unpaired) electrons. The van der Waals surface area contributed by atoms with Crippen molar-refractivity contribution in [2.45, 2.75) is 92.9 Å². The number of rotatable bonds is 5. The molecule has 14 nitrogen and oxygen atoms in total. The van der Waals surface area contributed by atoms with E-state index in [4.69, 9.17) is 23.7 Å². The minimum absolute atomic E-state index is 0.408. The predicted octanol–water partition coefficient (Wildman–Crippen LogP) is -5.91. The van der Waals surface area contributed by atoms with Crippen molar-refractivity contribution in [1.82, 2.24) is 0 Å². The number of aliphatic hydroxyl groups is 9. The lowest BCUT2D eigenvalue weighted by atomic mass is 9.98. The molecule has 3 aliphatic heterocycles. The Balaban J connectivity index is 1.75. The van der Waals surface area contributed by atoms with Crippen molar-refractivity contribution in [1.29, 1.82) is 0 Å². The van der Waals surface area contributed by atoms with Crippen molar-refractivity contribution < 1.29 is 69.6 Å². The van der Waals surface area contributed by atoms with Crippen LogP contribution < -0.4 is 0 Å². The van der Waals surface area contributed by atoms with Gasteiger partial charge in [0.1, 0.15) is 61.0 Å². The zero-order chi connectivity index (χ0) is 23.0. The summed E-state index contributed by atoms with van der Waals surface area (Å²) in [6.07, 6.45) is -21.4. The van der Waals surface area contributed by atoms with Crippen LogP contribution in [0.5, 0.6) is 0 Å². The SMILES string of the molecule is C[C@H]1O[C@@H](O[C@@H]2[C@@H](O[C@@H]3O[C@H](CO)[C@@H](O)[C@H](O)[C@H]3O)[C@@H](O)CO[C@H]2O)[C@H](O)[C@@H](O)[C@@H]1O. The van der Waals surface area contributed by atoms with Gasteiger partial charge in [-0.3, -0.25) is 0 Å². The molecule has 0 aromatic heterocycles. The van der Waals surface area contributed by atoms with Gasteiger partial charge in [0.15, 0.2) is 18.9 Å². The molecule has 3 fully saturated rings. The summed E-state index contributed by atoms with van der Waals surface area (Å²) in [6.45, 7) is 0.305. The van der Waals surface area contributed by atoms with E-state index in [1.54, 1.807) is 0 Å². The molecule has 3 aliphatic rings. The summed E-state index contributed by atoms with van der Waals surface area (Å²) in [7, 11) is 0. The Labute approximate surface area is 176 Å². The average molecular weight is 458 g/mol. The summed E-state index contributed by atoms with van der Waals surface area (Å²) in [6, 6.07) is 0. The summed E-state index contributed by atoms with van der Waals surface area (Å²) in [5.74, 6) is 0. The topological polar surface area (TPSA) is 228 Å². The standard InChI is InChI=1S/C17H30O14/c1-4-7(20)9(22)11(24)16(28-4)31-14-13(5(19)3-27-15(14)26)30-17-12(25)10(23)8(21)6(2-18)29-17/h4-26H,2-3H2,1H3/t4-,5+,6-,7-,8-,9+,10+,11-,12-,13+,14-,15-,16+,17+/m1/s1. The fraction of sp³-hybridized carbons (Fsp3) is 1.00. The van der Waals surface area contributed by atoms with Crippen molar-refractivity contribution >= 4 is 0 Å². The van der Waals surface area contributed by atoms with Gasteiger partial charge in [0.25, 0.3) is 0 Å². The van der Waals surface area contributed by atoms with Gasteiger partial charge in [-0.25, -0.2) is 0 Å². The van der Waals surface area contributed by atoms with Crippen molar-refractivity contribution in [3.63, 3.8) is 0 Å². The quantitative estimate of drug-likeness (QED) is 0.187. The fourth-order valence-electron chi connectivity index (χ4n) is 3.70. The first-order valence-electron chi connectivity index (χ1n) is 9.85. The largest absolute Gasteiger partial charge is 0.394 e. The zero-order valence-corrected chi connectivity index (χ0v) is 16.6. The number of aliphatic hydroxyl groups excluding tert-OH is 9. The Bertz CT molecular complexity index is 579. The first kappa shape index (κ1) is 25.1. The van der Waals surface area contributed by atoms with E-state index < -0.39 is 99.2 Å². The maximum Gasteiger partial charge on any atom is 0.187 e. The molecule has 0 aliphatic carbocycles. The second-order valence-corrected chi connectivity index (χ2v) is 7.87. The van der Waals surface area contributed by atoms with Crippen LogP contribution in [0.25, 0.3) is 0 Å². The van der Waals surface area contributed by atoms with E-state index in [-0.39, 0.29) is 0 Å². The van der Waals surface area contributed by atoms with Crippen molar-refractivity contribution in [3.8, 4) is 0 Å². The molecule has 3 rings (SSSR count). The minimum Gasteiger partial charge on any atom is -0.394 e. The Morgan fingerprint density at radius 1 is 0.710 bits per heavy atom. The van der Waals surface area contributed by atoms with E-state index in [1.165, 1.54) is 6.92 Å². The van der Waals surface area contributed by atoms with Gasteiger partial charge in [-0.05, 0) is 6.92 Å². The van der Waals surface area contributed by atoms with Gasteiger partial charge in [-0.15, -0.1) is 0 Å². The van der Waals surface area contributed by atoms with Crippen LogP contribution in [-0.4, -0.2) is 145 Å². The first-order valence-corrected chi connectivity index (χ1v) is 9.85. The molecule has 0 amide bonds. The second kappa shape index (κ2) is 10.1. The van der Waals surface area contributed by atoms with Crippen molar-refractivity contribution in [2.24, 2.45) is 0 Å². The maximum absolute atomic E-state index is 10.3. The van der Waals surface area contributed by atoms with Gasteiger partial charge in [0.2, 0.25) is 0 Å². The average Bonchev–Trinajstić information content (AvgIpc) is 2.75. The van der Waals surface area contributed by atoms with Gasteiger partial charge in [0, 0.05) is 0 Å². The monoisotopic (exact) mass is 458 g/mol. The summed E-state index contributed by atoms with van der Waals surface area (Å²) < 4.78 is 26.6. The third-order valence-electron chi connectivity index (χ3n) is 5.66. The number of hydrogen-bond donors (Lipinski definition) is 9. The molecular weight excluding hydrogens is 428 g/mol. The smallest absolute Gasteiger partial charge is 0.187 e. The van der Waals surface area contributed by atoms with Crippen molar-refractivity contribution in [2.75, 3.05) is 13.2 Å². The first-order chi connectivity index (χ1) is 14.6. The lowest BCUT2D eigenvalue weighted by Gasteiger charge is -2.46. The highest BCUT2D eigenvalue weighted by Crippen LogP contribution is 2.30. The summed E-state index contributed by atoms with van der Waals surface area (Å²) in [4.78, 5) is 0. The molecule has 3 saturated heterocycles.